The van der Waals surface area contributed by atoms with E-state index in [4.69, 9.17) is 15.2 Å². The first kappa shape index (κ1) is 40.4. The number of nitrogens with one attached hydrogen (secondary N) is 4. The highest BCUT2D eigenvalue weighted by Crippen LogP contribution is 2.47. The first-order valence-electron chi connectivity index (χ1n) is 17.4. The van der Waals surface area contributed by atoms with E-state index in [0.717, 1.165) is 4.90 Å². The summed E-state index contributed by atoms with van der Waals surface area (Å²) in [5.74, 6) is -2.75. The molecule has 0 aromatic heterocycles. The highest BCUT2D eigenvalue weighted by atomic mass is 16.7. The fraction of sp³-hybridized carbons (Fsp3) is 0.417. The van der Waals surface area contributed by atoms with E-state index in [-0.39, 0.29) is 73.5 Å². The third-order valence-electron chi connectivity index (χ3n) is 8.92. The van der Waals surface area contributed by atoms with Crippen LogP contribution in [0.3, 0.4) is 0 Å². The van der Waals surface area contributed by atoms with Gasteiger partial charge in [-0.25, -0.2) is 9.59 Å². The van der Waals surface area contributed by atoms with Crippen LogP contribution in [0.4, 0.5) is 21.0 Å². The van der Waals surface area contributed by atoms with Crippen molar-refractivity contribution in [2.45, 2.75) is 70.6 Å². The second-order valence-electron chi connectivity index (χ2n) is 13.2. The van der Waals surface area contributed by atoms with E-state index >= 15 is 0 Å². The van der Waals surface area contributed by atoms with Crippen LogP contribution in [0.15, 0.2) is 60.7 Å². The monoisotopic (exact) mass is 749 g/mol. The van der Waals surface area contributed by atoms with E-state index in [1.54, 1.807) is 38.1 Å². The Bertz CT molecular complexity index is 1760. The summed E-state index contributed by atoms with van der Waals surface area (Å²) < 4.78 is 10.1. The molecule has 1 aliphatic carbocycles. The highest BCUT2D eigenvalue weighted by Gasteiger charge is 2.61. The van der Waals surface area contributed by atoms with Crippen LogP contribution in [0, 0.1) is 22.0 Å². The molecule has 1 saturated carbocycles. The van der Waals surface area contributed by atoms with Crippen molar-refractivity contribution in [2.75, 3.05) is 18.4 Å². The Morgan fingerprint density at radius 1 is 0.981 bits per heavy atom. The lowest BCUT2D eigenvalue weighted by Gasteiger charge is -2.26. The van der Waals surface area contributed by atoms with Crippen LogP contribution in [0.25, 0.3) is 0 Å². The minimum absolute atomic E-state index is 0.0633. The number of urea groups is 1. The first-order valence-corrected chi connectivity index (χ1v) is 17.4. The van der Waals surface area contributed by atoms with Crippen LogP contribution < -0.4 is 31.7 Å². The van der Waals surface area contributed by atoms with Crippen molar-refractivity contribution in [2.24, 2.45) is 17.6 Å². The van der Waals surface area contributed by atoms with Crippen molar-refractivity contribution in [3.05, 3.63) is 76.4 Å². The largest absolute Gasteiger partial charge is 0.514 e. The molecule has 1 aliphatic heterocycles. The van der Waals surface area contributed by atoms with E-state index in [1.165, 1.54) is 36.4 Å². The number of nitrogens with two attached hydrogens (primary N) is 1. The quantitative estimate of drug-likeness (QED) is 0.0348. The Balaban J connectivity index is 1.30. The van der Waals surface area contributed by atoms with Crippen LogP contribution in [-0.4, -0.2) is 76.2 Å². The first-order chi connectivity index (χ1) is 25.7. The minimum atomic E-state index is -1.34. The molecule has 54 heavy (non-hydrogen) atoms. The number of primary amides is 1. The number of nitro groups is 1. The number of unbranched alkanes of at least 4 members (excludes halogenated alkanes) is 2. The molecule has 2 aliphatic rings. The van der Waals surface area contributed by atoms with Crippen LogP contribution in [-0.2, 0) is 35.3 Å². The Morgan fingerprint density at radius 3 is 2.26 bits per heavy atom. The zero-order valence-electron chi connectivity index (χ0n) is 29.8. The van der Waals surface area contributed by atoms with Gasteiger partial charge in [0.15, 0.2) is 0 Å². The molecule has 288 valence electrons. The molecule has 0 bridgehead atoms. The maximum atomic E-state index is 13.7. The van der Waals surface area contributed by atoms with Gasteiger partial charge in [0.25, 0.3) is 17.5 Å². The van der Waals surface area contributed by atoms with Gasteiger partial charge in [0, 0.05) is 49.5 Å². The molecule has 2 aromatic carbocycles. The average molecular weight is 750 g/mol. The second kappa shape index (κ2) is 18.4. The van der Waals surface area contributed by atoms with Crippen molar-refractivity contribution in [1.29, 1.82) is 0 Å². The van der Waals surface area contributed by atoms with Gasteiger partial charge in [-0.15, -0.1) is 0 Å². The van der Waals surface area contributed by atoms with Crippen molar-refractivity contribution < 1.29 is 48.0 Å². The van der Waals surface area contributed by atoms with E-state index < -0.39 is 40.5 Å². The summed E-state index contributed by atoms with van der Waals surface area (Å²) in [7, 11) is 0. The van der Waals surface area contributed by atoms with Gasteiger partial charge in [0.1, 0.15) is 23.9 Å². The number of nitro benzene ring substituents is 1. The third kappa shape index (κ3) is 11.3. The normalized spacial score (nSPS) is 17.8. The Labute approximate surface area is 310 Å². The number of hydrogen-bond donors (Lipinski definition) is 5. The SMILES string of the molecule is CC(C)[C@H](NC(=O)CCCCCN1C(=O)C=CC1=O)C(=O)N[C@@]1(C(=O)Nc2ccc(COC(=O)Oc3ccc([N+](=O)[O-])cc3)cc2)CC1CCNC(N)=O. The zero-order valence-corrected chi connectivity index (χ0v) is 29.8. The van der Waals surface area contributed by atoms with Crippen molar-refractivity contribution in [3.63, 3.8) is 0 Å². The number of carbonyl (C=O) groups excluding carboxylic acids is 7. The molecule has 0 radical (unpaired) electrons. The number of benzene rings is 2. The molecule has 0 spiro atoms. The van der Waals surface area contributed by atoms with Crippen LogP contribution in [0.5, 0.6) is 5.75 Å². The molecule has 3 atom stereocenters. The van der Waals surface area contributed by atoms with E-state index in [9.17, 15) is 43.7 Å². The van der Waals surface area contributed by atoms with Gasteiger partial charge >= 0.3 is 12.2 Å². The van der Waals surface area contributed by atoms with Crippen LogP contribution >= 0.6 is 0 Å². The van der Waals surface area contributed by atoms with Crippen LogP contribution in [0.1, 0.15) is 57.9 Å². The van der Waals surface area contributed by atoms with Gasteiger partial charge in [0.2, 0.25) is 17.7 Å². The molecular formula is C36H43N7O11. The zero-order chi connectivity index (χ0) is 39.4. The number of ether oxygens (including phenoxy) is 2. The van der Waals surface area contributed by atoms with Crippen molar-refractivity contribution >= 4 is 53.1 Å². The number of amides is 7. The lowest BCUT2D eigenvalue weighted by molar-refractivity contribution is -0.384. The third-order valence-corrected chi connectivity index (χ3v) is 8.92. The number of rotatable bonds is 19. The molecule has 0 saturated heterocycles. The molecular weight excluding hydrogens is 706 g/mol. The van der Waals surface area contributed by atoms with Gasteiger partial charge in [-0.3, -0.25) is 39.0 Å². The Morgan fingerprint density at radius 2 is 1.65 bits per heavy atom. The number of anilines is 1. The summed E-state index contributed by atoms with van der Waals surface area (Å²) >= 11 is 0. The summed E-state index contributed by atoms with van der Waals surface area (Å²) in [6.07, 6.45) is 3.72. The molecule has 18 nitrogen and oxygen atoms in total. The minimum Gasteiger partial charge on any atom is -0.429 e. The lowest BCUT2D eigenvalue weighted by atomic mass is 10.0. The van der Waals surface area contributed by atoms with E-state index in [2.05, 4.69) is 21.3 Å². The number of hydrogen-bond acceptors (Lipinski definition) is 11. The van der Waals surface area contributed by atoms with Gasteiger partial charge in [-0.2, -0.15) is 0 Å². The summed E-state index contributed by atoms with van der Waals surface area (Å²) in [5.41, 5.74) is 4.64. The molecule has 1 heterocycles. The number of carbonyl (C=O) groups is 7. The fourth-order valence-corrected chi connectivity index (χ4v) is 5.83. The predicted octanol–water partition coefficient (Wildman–Crippen LogP) is 2.81. The molecule has 1 fully saturated rings. The second-order valence-corrected chi connectivity index (χ2v) is 13.2. The molecule has 2 aromatic rings. The number of imide groups is 1. The summed E-state index contributed by atoms with van der Waals surface area (Å²) in [5, 5.41) is 21.7. The van der Waals surface area contributed by atoms with E-state index in [1.807, 2.05) is 0 Å². The molecule has 1 unspecified atom stereocenters. The Kier molecular flexibility index (Phi) is 13.8. The lowest BCUT2D eigenvalue weighted by Crippen LogP contribution is -2.56. The summed E-state index contributed by atoms with van der Waals surface area (Å²) in [6, 6.07) is 9.58. The molecule has 6 N–H and O–H groups in total. The Hall–Kier alpha value is -6.33. The summed E-state index contributed by atoms with van der Waals surface area (Å²) in [4.78, 5) is 98.3. The molecule has 18 heteroatoms. The van der Waals surface area contributed by atoms with Gasteiger partial charge in [-0.1, -0.05) is 32.4 Å². The van der Waals surface area contributed by atoms with Crippen molar-refractivity contribution in [3.8, 4) is 5.75 Å². The number of non-ortho nitro benzene ring substituents is 1. The highest BCUT2D eigenvalue weighted by molar-refractivity contribution is 6.12. The number of nitrogens with zero attached hydrogens (tertiary/aromatic N) is 2. The van der Waals surface area contributed by atoms with Crippen molar-refractivity contribution in [1.82, 2.24) is 20.9 Å². The smallest absolute Gasteiger partial charge is 0.429 e. The summed E-state index contributed by atoms with van der Waals surface area (Å²) in [6.45, 7) is 3.78. The van der Waals surface area contributed by atoms with Crippen LogP contribution in [0.2, 0.25) is 0 Å². The fourth-order valence-electron chi connectivity index (χ4n) is 5.83. The molecule has 7 amide bonds. The average Bonchev–Trinajstić information content (AvgIpc) is 3.73. The standard InChI is InChI=1S/C36H43N7O11/c1-22(2)31(40-28(44)6-4-3-5-19-42-29(45)15-16-30(42)46)32(47)41-36(20-24(36)17-18-38-34(37)49)33(48)39-25-9-7-23(8-10-25)21-53-35(50)54-27-13-11-26(12-14-27)43(51)52/h7-16,22,24,31H,3-6,17-21H2,1-2H3,(H,39,48)(H,40,44)(H,41,47)(H3,37,38,49)/t24?,31-,36-/m0/s1. The van der Waals surface area contributed by atoms with Gasteiger partial charge in [0.05, 0.1) is 4.92 Å². The predicted molar refractivity (Wildman–Crippen MR) is 191 cm³/mol. The maximum absolute atomic E-state index is 13.7. The van der Waals surface area contributed by atoms with E-state index in [0.29, 0.717) is 36.9 Å². The maximum Gasteiger partial charge on any atom is 0.514 e. The van der Waals surface area contributed by atoms with Gasteiger partial charge in [-0.05, 0) is 67.3 Å². The molecule has 4 rings (SSSR count). The van der Waals surface area contributed by atoms with Gasteiger partial charge < -0.3 is 36.5 Å². The topological polar surface area (TPSA) is 258 Å².